The molecule has 4 rings (SSSR count). The van der Waals surface area contributed by atoms with E-state index in [-0.39, 0.29) is 11.4 Å². The lowest BCUT2D eigenvalue weighted by atomic mass is 10.1. The number of benzene rings is 2. The summed E-state index contributed by atoms with van der Waals surface area (Å²) in [6, 6.07) is 21.1. The molecule has 4 aromatic rings. The van der Waals surface area contributed by atoms with Crippen LogP contribution >= 0.6 is 23.2 Å². The van der Waals surface area contributed by atoms with Crippen LogP contribution in [0.3, 0.4) is 0 Å². The molecular formula is C28H22Cl2N4O6. The van der Waals surface area contributed by atoms with E-state index >= 15 is 0 Å². The van der Waals surface area contributed by atoms with Gasteiger partial charge in [0, 0.05) is 22.4 Å². The number of nitrogens with one attached hydrogen (secondary N) is 2. The van der Waals surface area contributed by atoms with Crippen LogP contribution in [0.5, 0.6) is 0 Å². The molecule has 0 bridgehead atoms. The Morgan fingerprint density at radius 2 is 1.07 bits per heavy atom. The van der Waals surface area contributed by atoms with E-state index in [0.717, 1.165) is 22.3 Å². The second-order valence-corrected chi connectivity index (χ2v) is 8.90. The maximum Gasteiger partial charge on any atom is 0.322 e. The number of hydrogen-bond donors (Lipinski definition) is 4. The third kappa shape index (κ3) is 9.19. The first kappa shape index (κ1) is 29.8. The number of amides is 2. The topological polar surface area (TPSA) is 159 Å². The normalized spacial score (nSPS) is 10.1. The molecule has 0 spiro atoms. The number of rotatable bonds is 8. The fourth-order valence-corrected chi connectivity index (χ4v) is 3.59. The van der Waals surface area contributed by atoms with Gasteiger partial charge in [0.2, 0.25) is 0 Å². The minimum Gasteiger partial charge on any atom is -0.480 e. The van der Waals surface area contributed by atoms with Crippen molar-refractivity contribution in [2.45, 2.75) is 0 Å². The van der Waals surface area contributed by atoms with Gasteiger partial charge in [-0.25, -0.2) is 0 Å². The zero-order valence-corrected chi connectivity index (χ0v) is 22.2. The molecule has 0 saturated heterocycles. The first-order valence-corrected chi connectivity index (χ1v) is 12.3. The number of aliphatic carboxylic acids is 2. The monoisotopic (exact) mass is 580 g/mol. The van der Waals surface area contributed by atoms with Gasteiger partial charge in [-0.2, -0.15) is 0 Å². The second kappa shape index (κ2) is 14.4. The summed E-state index contributed by atoms with van der Waals surface area (Å²) in [6.45, 7) is -0.881. The second-order valence-electron chi connectivity index (χ2n) is 8.03. The quantitative estimate of drug-likeness (QED) is 0.238. The van der Waals surface area contributed by atoms with Gasteiger partial charge in [0.05, 0.1) is 0 Å². The summed E-state index contributed by atoms with van der Waals surface area (Å²) in [4.78, 5) is 52.1. The van der Waals surface area contributed by atoms with Gasteiger partial charge in [-0.3, -0.25) is 29.1 Å². The molecule has 2 aromatic carbocycles. The van der Waals surface area contributed by atoms with Crippen LogP contribution in [0, 0.1) is 0 Å². The van der Waals surface area contributed by atoms with Gasteiger partial charge in [-0.05, 0) is 70.8 Å². The Hall–Kier alpha value is -4.80. The molecule has 2 aromatic heterocycles. The standard InChI is InChI=1S/2C14H11ClN2O3/c15-11-3-1-9(2-4-11)10-5-6-16-12(7-10)14(20)17-8-13(18)19;15-11-3-1-2-9(6-11)10-4-5-16-12(7-10)14(20)17-8-13(18)19/h2*1-7H,8H2,(H,17,20)(H,18,19). The van der Waals surface area contributed by atoms with Crippen LogP contribution in [0.15, 0.2) is 85.2 Å². The van der Waals surface area contributed by atoms with E-state index in [1.165, 1.54) is 12.4 Å². The number of carbonyl (C=O) groups excluding carboxylic acids is 2. The molecule has 0 atom stereocenters. The molecular weight excluding hydrogens is 559 g/mol. The van der Waals surface area contributed by atoms with E-state index in [1.807, 2.05) is 24.3 Å². The number of carbonyl (C=O) groups is 4. The van der Waals surface area contributed by atoms with E-state index in [4.69, 9.17) is 33.4 Å². The lowest BCUT2D eigenvalue weighted by Gasteiger charge is -2.05. The predicted octanol–water partition coefficient (Wildman–Crippen LogP) is 4.43. The summed E-state index contributed by atoms with van der Waals surface area (Å²) in [5.74, 6) is -3.27. The fraction of sp³-hybridized carbons (Fsp3) is 0.0714. The molecule has 2 amide bonds. The van der Waals surface area contributed by atoms with E-state index < -0.39 is 36.8 Å². The summed E-state index contributed by atoms with van der Waals surface area (Å²) >= 11 is 11.7. The van der Waals surface area contributed by atoms with Crippen molar-refractivity contribution in [3.05, 3.63) is 107 Å². The number of aromatic nitrogens is 2. The molecule has 0 aliphatic carbocycles. The van der Waals surface area contributed by atoms with Crippen LogP contribution in [0.4, 0.5) is 0 Å². The third-order valence-electron chi connectivity index (χ3n) is 5.12. The van der Waals surface area contributed by atoms with Gasteiger partial charge >= 0.3 is 11.9 Å². The van der Waals surface area contributed by atoms with Gasteiger partial charge in [-0.15, -0.1) is 0 Å². The molecule has 204 valence electrons. The van der Waals surface area contributed by atoms with Crippen molar-refractivity contribution in [3.8, 4) is 22.3 Å². The summed E-state index contributed by atoms with van der Waals surface area (Å²) < 4.78 is 0. The fourth-order valence-electron chi connectivity index (χ4n) is 3.27. The van der Waals surface area contributed by atoms with Gasteiger partial charge in [0.25, 0.3) is 11.8 Å². The number of hydrogen-bond acceptors (Lipinski definition) is 6. The highest BCUT2D eigenvalue weighted by Crippen LogP contribution is 2.23. The van der Waals surface area contributed by atoms with E-state index in [0.29, 0.717) is 10.0 Å². The number of pyridine rings is 2. The first-order chi connectivity index (χ1) is 19.1. The van der Waals surface area contributed by atoms with Gasteiger partial charge < -0.3 is 20.8 Å². The van der Waals surface area contributed by atoms with Crippen molar-refractivity contribution in [1.29, 1.82) is 0 Å². The van der Waals surface area contributed by atoms with Crippen molar-refractivity contribution in [1.82, 2.24) is 20.6 Å². The molecule has 0 unspecified atom stereocenters. The zero-order valence-electron chi connectivity index (χ0n) is 20.7. The highest BCUT2D eigenvalue weighted by atomic mass is 35.5. The molecule has 0 radical (unpaired) electrons. The van der Waals surface area contributed by atoms with Gasteiger partial charge in [0.15, 0.2) is 0 Å². The molecule has 12 heteroatoms. The predicted molar refractivity (Wildman–Crippen MR) is 149 cm³/mol. The van der Waals surface area contributed by atoms with Crippen LogP contribution in [0.25, 0.3) is 22.3 Å². The average Bonchev–Trinajstić information content (AvgIpc) is 2.95. The molecule has 2 heterocycles. The van der Waals surface area contributed by atoms with Gasteiger partial charge in [-0.1, -0.05) is 47.5 Å². The molecule has 0 aliphatic rings. The average molecular weight is 581 g/mol. The van der Waals surface area contributed by atoms with E-state index in [9.17, 15) is 19.2 Å². The largest absolute Gasteiger partial charge is 0.480 e. The van der Waals surface area contributed by atoms with Crippen LogP contribution in [0.1, 0.15) is 21.0 Å². The Morgan fingerprint density at radius 3 is 1.55 bits per heavy atom. The molecule has 10 nitrogen and oxygen atoms in total. The Labute approximate surface area is 238 Å². The molecule has 40 heavy (non-hydrogen) atoms. The molecule has 0 saturated carbocycles. The summed E-state index contributed by atoms with van der Waals surface area (Å²) in [6.07, 6.45) is 2.99. The number of carboxylic acids is 2. The Balaban J connectivity index is 0.000000220. The van der Waals surface area contributed by atoms with Crippen LogP contribution in [-0.4, -0.2) is 57.0 Å². The van der Waals surface area contributed by atoms with Crippen LogP contribution < -0.4 is 10.6 Å². The lowest BCUT2D eigenvalue weighted by molar-refractivity contribution is -0.136. The zero-order chi connectivity index (χ0) is 29.1. The number of nitrogens with zero attached hydrogens (tertiary/aromatic N) is 2. The minimum absolute atomic E-state index is 0.156. The molecule has 4 N–H and O–H groups in total. The number of carboxylic acid groups (broad SMARTS) is 2. The summed E-state index contributed by atoms with van der Waals surface area (Å²) in [7, 11) is 0. The van der Waals surface area contributed by atoms with E-state index in [2.05, 4.69) is 20.6 Å². The first-order valence-electron chi connectivity index (χ1n) is 11.6. The SMILES string of the molecule is O=C(O)CNC(=O)c1cc(-c2ccc(Cl)cc2)ccn1.O=C(O)CNC(=O)c1cc(-c2cccc(Cl)c2)ccn1. The van der Waals surface area contributed by atoms with Crippen LogP contribution in [0.2, 0.25) is 10.0 Å². The highest BCUT2D eigenvalue weighted by Gasteiger charge is 2.11. The summed E-state index contributed by atoms with van der Waals surface area (Å²) in [5, 5.41) is 22.8. The van der Waals surface area contributed by atoms with Crippen molar-refractivity contribution >= 4 is 47.0 Å². The summed E-state index contributed by atoms with van der Waals surface area (Å²) in [5.41, 5.74) is 3.65. The molecule has 0 aliphatic heterocycles. The van der Waals surface area contributed by atoms with Crippen molar-refractivity contribution in [2.24, 2.45) is 0 Å². The number of halogens is 2. The Morgan fingerprint density at radius 1 is 0.600 bits per heavy atom. The van der Waals surface area contributed by atoms with Gasteiger partial charge in [0.1, 0.15) is 24.5 Å². The maximum absolute atomic E-state index is 11.7. The van der Waals surface area contributed by atoms with Crippen molar-refractivity contribution in [2.75, 3.05) is 13.1 Å². The highest BCUT2D eigenvalue weighted by molar-refractivity contribution is 6.31. The Kier molecular flexibility index (Phi) is 10.7. The minimum atomic E-state index is -1.11. The maximum atomic E-state index is 11.7. The van der Waals surface area contributed by atoms with E-state index in [1.54, 1.807) is 48.5 Å². The van der Waals surface area contributed by atoms with Crippen molar-refractivity contribution in [3.63, 3.8) is 0 Å². The van der Waals surface area contributed by atoms with Crippen LogP contribution in [-0.2, 0) is 9.59 Å². The Bertz CT molecular complexity index is 1530. The molecule has 0 fully saturated rings. The third-order valence-corrected chi connectivity index (χ3v) is 5.61. The van der Waals surface area contributed by atoms with Crippen molar-refractivity contribution < 1.29 is 29.4 Å². The smallest absolute Gasteiger partial charge is 0.322 e. The lowest BCUT2D eigenvalue weighted by Crippen LogP contribution is -2.29.